The van der Waals surface area contributed by atoms with Crippen LogP contribution in [0, 0.1) is 5.21 Å². The van der Waals surface area contributed by atoms with Gasteiger partial charge in [-0.15, -0.1) is 0 Å². The number of carbonyl (C=O) groups excluding carboxylic acids is 1. The van der Waals surface area contributed by atoms with E-state index in [4.69, 9.17) is 9.94 Å². The molecular weight excluding hydrogens is 222 g/mol. The molecule has 1 aromatic rings. The fourth-order valence-corrected chi connectivity index (χ4v) is 1.43. The Labute approximate surface area is 100 Å². The molecule has 1 aromatic carbocycles. The molecule has 0 heterocycles. The summed E-state index contributed by atoms with van der Waals surface area (Å²) in [5.74, 6) is -0.323. The normalized spacial score (nSPS) is 11.1. The van der Waals surface area contributed by atoms with Gasteiger partial charge < -0.3 is 15.2 Å². The van der Waals surface area contributed by atoms with Crippen LogP contribution in [0.1, 0.15) is 26.3 Å². The summed E-state index contributed by atoms with van der Waals surface area (Å²) >= 11 is 0. The second kappa shape index (κ2) is 5.16. The minimum atomic E-state index is -0.780. The van der Waals surface area contributed by atoms with E-state index >= 15 is 0 Å². The second-order valence-corrected chi connectivity index (χ2v) is 4.17. The molecular formula is C12H16NO4-. The number of esters is 1. The van der Waals surface area contributed by atoms with Crippen molar-refractivity contribution >= 4 is 11.7 Å². The van der Waals surface area contributed by atoms with Crippen molar-refractivity contribution in [3.05, 3.63) is 35.0 Å². The molecule has 1 rings (SSSR count). The van der Waals surface area contributed by atoms with E-state index in [2.05, 4.69) is 0 Å². The van der Waals surface area contributed by atoms with Crippen LogP contribution in [0.4, 0.5) is 5.69 Å². The number of benzene rings is 1. The van der Waals surface area contributed by atoms with E-state index in [0.29, 0.717) is 6.61 Å². The lowest BCUT2D eigenvalue weighted by atomic mass is 9.85. The molecule has 0 aliphatic carbocycles. The minimum Gasteiger partial charge on any atom is -0.733 e. The molecule has 0 bridgehead atoms. The van der Waals surface area contributed by atoms with Gasteiger partial charge in [0.15, 0.2) is 0 Å². The summed E-state index contributed by atoms with van der Waals surface area (Å²) in [5, 5.41) is 19.1. The van der Waals surface area contributed by atoms with Crippen molar-refractivity contribution in [3.8, 4) is 0 Å². The van der Waals surface area contributed by atoms with Gasteiger partial charge in [-0.25, -0.2) is 0 Å². The number of hydrogen-bond donors (Lipinski definition) is 1. The second-order valence-electron chi connectivity index (χ2n) is 4.17. The van der Waals surface area contributed by atoms with Crippen molar-refractivity contribution in [2.45, 2.75) is 26.2 Å². The van der Waals surface area contributed by atoms with Gasteiger partial charge in [-0.05, 0) is 38.5 Å². The third-order valence-electron chi connectivity index (χ3n) is 2.60. The summed E-state index contributed by atoms with van der Waals surface area (Å²) < 4.78 is 4.98. The molecule has 0 radical (unpaired) electrons. The Morgan fingerprint density at radius 2 is 1.94 bits per heavy atom. The SMILES string of the molecule is CCOC(=O)C(C)(C)c1ccc(N([O-])O)cc1. The average Bonchev–Trinajstić information content (AvgIpc) is 2.29. The summed E-state index contributed by atoms with van der Waals surface area (Å²) in [7, 11) is 0. The van der Waals surface area contributed by atoms with Crippen molar-refractivity contribution in [1.82, 2.24) is 0 Å². The molecule has 0 fully saturated rings. The van der Waals surface area contributed by atoms with E-state index < -0.39 is 5.41 Å². The predicted octanol–water partition coefficient (Wildman–Crippen LogP) is 2.22. The highest BCUT2D eigenvalue weighted by molar-refractivity contribution is 5.82. The molecule has 0 amide bonds. The van der Waals surface area contributed by atoms with E-state index in [1.165, 1.54) is 12.1 Å². The van der Waals surface area contributed by atoms with Crippen LogP contribution in [0.2, 0.25) is 0 Å². The smallest absolute Gasteiger partial charge is 0.315 e. The number of ether oxygens (including phenoxy) is 1. The van der Waals surface area contributed by atoms with Crippen LogP contribution >= 0.6 is 0 Å². The maximum atomic E-state index is 11.7. The molecule has 5 nitrogen and oxygen atoms in total. The van der Waals surface area contributed by atoms with Crippen molar-refractivity contribution in [2.24, 2.45) is 0 Å². The zero-order chi connectivity index (χ0) is 13.1. The maximum absolute atomic E-state index is 11.7. The molecule has 0 aliphatic heterocycles. The average molecular weight is 238 g/mol. The number of nitrogens with zero attached hydrogens (tertiary/aromatic N) is 1. The van der Waals surface area contributed by atoms with Crippen molar-refractivity contribution in [1.29, 1.82) is 0 Å². The molecule has 0 saturated heterocycles. The zero-order valence-corrected chi connectivity index (χ0v) is 10.1. The number of rotatable bonds is 4. The fraction of sp³-hybridized carbons (Fsp3) is 0.417. The molecule has 0 saturated carbocycles. The molecule has 94 valence electrons. The van der Waals surface area contributed by atoms with Gasteiger partial charge >= 0.3 is 5.97 Å². The van der Waals surface area contributed by atoms with Gasteiger partial charge in [0.1, 0.15) is 0 Å². The molecule has 0 aliphatic rings. The fourth-order valence-electron chi connectivity index (χ4n) is 1.43. The van der Waals surface area contributed by atoms with Crippen LogP contribution in [0.15, 0.2) is 24.3 Å². The van der Waals surface area contributed by atoms with Crippen LogP contribution in [0.3, 0.4) is 0 Å². The van der Waals surface area contributed by atoms with Crippen LogP contribution in [0.5, 0.6) is 0 Å². The molecule has 0 atom stereocenters. The lowest BCUT2D eigenvalue weighted by molar-refractivity contribution is -0.148. The predicted molar refractivity (Wildman–Crippen MR) is 63.7 cm³/mol. The molecule has 1 N–H and O–H groups in total. The lowest BCUT2D eigenvalue weighted by Gasteiger charge is -2.25. The first-order valence-corrected chi connectivity index (χ1v) is 5.33. The number of hydrogen-bond acceptors (Lipinski definition) is 5. The van der Waals surface area contributed by atoms with E-state index in [9.17, 15) is 10.0 Å². The third kappa shape index (κ3) is 2.95. The highest BCUT2D eigenvalue weighted by Gasteiger charge is 2.31. The van der Waals surface area contributed by atoms with Crippen LogP contribution in [0.25, 0.3) is 0 Å². The molecule has 17 heavy (non-hydrogen) atoms. The lowest BCUT2D eigenvalue weighted by Crippen LogP contribution is -2.31. The maximum Gasteiger partial charge on any atom is 0.315 e. The Morgan fingerprint density at radius 1 is 1.41 bits per heavy atom. The molecule has 5 heteroatoms. The van der Waals surface area contributed by atoms with Gasteiger partial charge in [0, 0.05) is 0 Å². The van der Waals surface area contributed by atoms with Crippen molar-refractivity contribution in [3.63, 3.8) is 0 Å². The van der Waals surface area contributed by atoms with Crippen LogP contribution < -0.4 is 5.23 Å². The minimum absolute atomic E-state index is 0.119. The Hall–Kier alpha value is -1.59. The topological polar surface area (TPSA) is 72.8 Å². The summed E-state index contributed by atoms with van der Waals surface area (Å²) in [5.41, 5.74) is 0.0625. The van der Waals surface area contributed by atoms with Gasteiger partial charge in [-0.3, -0.25) is 10.0 Å². The summed E-state index contributed by atoms with van der Waals surface area (Å²) in [6.07, 6.45) is 0. The van der Waals surface area contributed by atoms with Crippen LogP contribution in [-0.4, -0.2) is 17.8 Å². The third-order valence-corrected chi connectivity index (χ3v) is 2.60. The van der Waals surface area contributed by atoms with Gasteiger partial charge in [0.25, 0.3) is 0 Å². The highest BCUT2D eigenvalue weighted by atomic mass is 16.8. The standard InChI is InChI=1S/C12H16NO4/c1-4-17-11(14)12(2,3)9-5-7-10(8-6-9)13(15)16/h5-8,15H,4H2,1-3H3/q-1. The molecule has 0 unspecified atom stereocenters. The first kappa shape index (κ1) is 13.5. The molecule has 0 spiro atoms. The number of carbonyl (C=O) groups is 1. The summed E-state index contributed by atoms with van der Waals surface area (Å²) in [6, 6.07) is 6.13. The summed E-state index contributed by atoms with van der Waals surface area (Å²) in [6.45, 7) is 5.56. The Balaban J connectivity index is 2.95. The summed E-state index contributed by atoms with van der Waals surface area (Å²) in [4.78, 5) is 11.7. The Morgan fingerprint density at radius 3 is 2.35 bits per heavy atom. The first-order chi connectivity index (χ1) is 7.89. The zero-order valence-electron chi connectivity index (χ0n) is 10.1. The Bertz CT molecular complexity index is 384. The van der Waals surface area contributed by atoms with Gasteiger partial charge in [-0.1, -0.05) is 12.1 Å². The van der Waals surface area contributed by atoms with Gasteiger partial charge in [0.2, 0.25) is 0 Å². The quantitative estimate of drug-likeness (QED) is 0.643. The Kier molecular flexibility index (Phi) is 4.09. The van der Waals surface area contributed by atoms with E-state index in [-0.39, 0.29) is 16.9 Å². The monoisotopic (exact) mass is 238 g/mol. The van der Waals surface area contributed by atoms with Crippen LogP contribution in [-0.2, 0) is 14.9 Å². The molecule has 0 aromatic heterocycles. The van der Waals surface area contributed by atoms with E-state index in [1.54, 1.807) is 32.9 Å². The van der Waals surface area contributed by atoms with Gasteiger partial charge in [-0.2, -0.15) is 0 Å². The first-order valence-electron chi connectivity index (χ1n) is 5.33. The van der Waals surface area contributed by atoms with Crippen molar-refractivity contribution < 1.29 is 14.7 Å². The highest BCUT2D eigenvalue weighted by Crippen LogP contribution is 2.26. The van der Waals surface area contributed by atoms with E-state index in [0.717, 1.165) is 5.56 Å². The largest absolute Gasteiger partial charge is 0.733 e. The van der Waals surface area contributed by atoms with Gasteiger partial charge in [0.05, 0.1) is 17.7 Å². The van der Waals surface area contributed by atoms with Crippen molar-refractivity contribution in [2.75, 3.05) is 11.8 Å². The number of anilines is 1. The van der Waals surface area contributed by atoms with E-state index in [1.807, 2.05) is 0 Å².